The zero-order valence-electron chi connectivity index (χ0n) is 16.6. The van der Waals surface area contributed by atoms with E-state index in [1.165, 1.54) is 5.56 Å². The Hall–Kier alpha value is -3.54. The van der Waals surface area contributed by atoms with E-state index in [4.69, 9.17) is 9.47 Å². The Morgan fingerprint density at radius 3 is 2.69 bits per heavy atom. The summed E-state index contributed by atoms with van der Waals surface area (Å²) in [5.74, 6) is 1.41. The van der Waals surface area contributed by atoms with Crippen molar-refractivity contribution in [3.05, 3.63) is 83.7 Å². The molecule has 3 rings (SSSR count). The number of methoxy groups -OCH3 is 2. The predicted molar refractivity (Wildman–Crippen MR) is 114 cm³/mol. The molecule has 1 aromatic heterocycles. The smallest absolute Gasteiger partial charge is 0.253 e. The van der Waals surface area contributed by atoms with Crippen LogP contribution in [-0.2, 0) is 13.0 Å². The van der Waals surface area contributed by atoms with Gasteiger partial charge >= 0.3 is 0 Å². The molecule has 2 N–H and O–H groups in total. The van der Waals surface area contributed by atoms with Gasteiger partial charge in [0.2, 0.25) is 0 Å². The molecule has 3 aromatic rings. The van der Waals surface area contributed by atoms with E-state index in [-0.39, 0.29) is 5.91 Å². The number of ether oxygens (including phenoxy) is 2. The summed E-state index contributed by atoms with van der Waals surface area (Å²) in [6.07, 6.45) is 4.11. The quantitative estimate of drug-likeness (QED) is 0.582. The average molecular weight is 391 g/mol. The number of nitrogens with zero attached hydrogens (tertiary/aromatic N) is 1. The molecule has 0 atom stereocenters. The maximum absolute atomic E-state index is 12.5. The van der Waals surface area contributed by atoms with Crippen LogP contribution < -0.4 is 20.1 Å². The summed E-state index contributed by atoms with van der Waals surface area (Å²) in [5, 5.41) is 6.23. The molecule has 0 saturated heterocycles. The van der Waals surface area contributed by atoms with Gasteiger partial charge in [0.15, 0.2) is 0 Å². The summed E-state index contributed by atoms with van der Waals surface area (Å²) in [5.41, 5.74) is 3.41. The second-order valence-corrected chi connectivity index (χ2v) is 6.49. The van der Waals surface area contributed by atoms with Crippen LogP contribution in [0.25, 0.3) is 0 Å². The molecule has 0 saturated carbocycles. The van der Waals surface area contributed by atoms with Crippen molar-refractivity contribution in [2.24, 2.45) is 0 Å². The van der Waals surface area contributed by atoms with E-state index in [9.17, 15) is 4.79 Å². The molecular formula is C23H25N3O3. The highest BCUT2D eigenvalue weighted by Gasteiger charge is 2.09. The Morgan fingerprint density at radius 1 is 1.00 bits per heavy atom. The van der Waals surface area contributed by atoms with E-state index in [1.54, 1.807) is 32.7 Å². The van der Waals surface area contributed by atoms with Crippen LogP contribution in [0.4, 0.5) is 5.69 Å². The van der Waals surface area contributed by atoms with Gasteiger partial charge < -0.3 is 20.1 Å². The summed E-state index contributed by atoms with van der Waals surface area (Å²) in [7, 11) is 3.28. The molecule has 6 heteroatoms. The van der Waals surface area contributed by atoms with E-state index in [0.29, 0.717) is 12.1 Å². The number of anilines is 1. The van der Waals surface area contributed by atoms with Crippen molar-refractivity contribution >= 4 is 11.6 Å². The molecule has 29 heavy (non-hydrogen) atoms. The molecule has 0 aliphatic carbocycles. The summed E-state index contributed by atoms with van der Waals surface area (Å²) in [4.78, 5) is 16.7. The number of carbonyl (C=O) groups excluding carboxylic acids is 1. The number of carbonyl (C=O) groups is 1. The Bertz CT molecular complexity index is 959. The maximum atomic E-state index is 12.5. The van der Waals surface area contributed by atoms with Gasteiger partial charge in [-0.15, -0.1) is 0 Å². The van der Waals surface area contributed by atoms with Crippen LogP contribution in [0.3, 0.4) is 0 Å². The first-order valence-electron chi connectivity index (χ1n) is 9.41. The van der Waals surface area contributed by atoms with Crippen molar-refractivity contribution in [3.63, 3.8) is 0 Å². The standard InChI is InChI=1S/C23H25N3O3/c1-28-21-8-5-6-17(12-21)10-11-25-20-13-19(14-24-16-20)23(27)26-15-18-7-3-4-9-22(18)29-2/h3-9,12-14,16,25H,10-11,15H2,1-2H3,(H,26,27). The molecule has 0 radical (unpaired) electrons. The van der Waals surface area contributed by atoms with Gasteiger partial charge in [-0.2, -0.15) is 0 Å². The number of aromatic nitrogens is 1. The van der Waals surface area contributed by atoms with Crippen LogP contribution in [0.2, 0.25) is 0 Å². The highest BCUT2D eigenvalue weighted by molar-refractivity contribution is 5.94. The summed E-state index contributed by atoms with van der Waals surface area (Å²) >= 11 is 0. The average Bonchev–Trinajstić information content (AvgIpc) is 2.78. The number of pyridine rings is 1. The number of rotatable bonds is 9. The lowest BCUT2D eigenvalue weighted by atomic mass is 10.1. The summed E-state index contributed by atoms with van der Waals surface area (Å²) in [6, 6.07) is 17.4. The molecule has 0 aliphatic heterocycles. The lowest BCUT2D eigenvalue weighted by Crippen LogP contribution is -2.23. The molecule has 2 aromatic carbocycles. The monoisotopic (exact) mass is 391 g/mol. The van der Waals surface area contributed by atoms with E-state index in [0.717, 1.165) is 35.7 Å². The molecule has 1 heterocycles. The third-order valence-electron chi connectivity index (χ3n) is 4.51. The Labute approximate surface area is 170 Å². The van der Waals surface area contributed by atoms with Crippen molar-refractivity contribution in [2.45, 2.75) is 13.0 Å². The van der Waals surface area contributed by atoms with Crippen LogP contribution in [0.15, 0.2) is 67.0 Å². The third kappa shape index (κ3) is 5.72. The summed E-state index contributed by atoms with van der Waals surface area (Å²) in [6.45, 7) is 1.11. The summed E-state index contributed by atoms with van der Waals surface area (Å²) < 4.78 is 10.6. The van der Waals surface area contributed by atoms with Gasteiger partial charge in [-0.05, 0) is 36.2 Å². The first-order valence-corrected chi connectivity index (χ1v) is 9.41. The number of hydrogen-bond donors (Lipinski definition) is 2. The minimum absolute atomic E-state index is 0.181. The second-order valence-electron chi connectivity index (χ2n) is 6.49. The minimum Gasteiger partial charge on any atom is -0.497 e. The minimum atomic E-state index is -0.181. The third-order valence-corrected chi connectivity index (χ3v) is 4.51. The second kappa shape index (κ2) is 10.1. The number of benzene rings is 2. The Balaban J connectivity index is 1.55. The fraction of sp³-hybridized carbons (Fsp3) is 0.217. The van der Waals surface area contributed by atoms with Crippen LogP contribution in [0.5, 0.6) is 11.5 Å². The van der Waals surface area contributed by atoms with Crippen LogP contribution in [0.1, 0.15) is 21.5 Å². The molecule has 0 spiro atoms. The number of amides is 1. The molecule has 150 valence electrons. The van der Waals surface area contributed by atoms with Gasteiger partial charge in [0, 0.05) is 31.0 Å². The van der Waals surface area contributed by atoms with Crippen molar-refractivity contribution in [2.75, 3.05) is 26.1 Å². The molecule has 0 fully saturated rings. The molecule has 0 aliphatic rings. The first-order chi connectivity index (χ1) is 14.2. The van der Waals surface area contributed by atoms with Gasteiger partial charge in [0.25, 0.3) is 5.91 Å². The first kappa shape index (κ1) is 20.2. The van der Waals surface area contributed by atoms with Gasteiger partial charge in [-0.3, -0.25) is 9.78 Å². The van der Waals surface area contributed by atoms with E-state index in [1.807, 2.05) is 42.5 Å². The highest BCUT2D eigenvalue weighted by Crippen LogP contribution is 2.17. The van der Waals surface area contributed by atoms with E-state index >= 15 is 0 Å². The molecule has 6 nitrogen and oxygen atoms in total. The fourth-order valence-electron chi connectivity index (χ4n) is 2.97. The van der Waals surface area contributed by atoms with Crippen molar-refractivity contribution in [3.8, 4) is 11.5 Å². The lowest BCUT2D eigenvalue weighted by molar-refractivity contribution is 0.0950. The molecular weight excluding hydrogens is 366 g/mol. The van der Waals surface area contributed by atoms with Gasteiger partial charge in [0.05, 0.1) is 25.5 Å². The van der Waals surface area contributed by atoms with Crippen LogP contribution >= 0.6 is 0 Å². The highest BCUT2D eigenvalue weighted by atomic mass is 16.5. The van der Waals surface area contributed by atoms with Crippen molar-refractivity contribution < 1.29 is 14.3 Å². The largest absolute Gasteiger partial charge is 0.497 e. The van der Waals surface area contributed by atoms with E-state index in [2.05, 4.69) is 21.7 Å². The Kier molecular flexibility index (Phi) is 7.05. The number of hydrogen-bond acceptors (Lipinski definition) is 5. The lowest BCUT2D eigenvalue weighted by Gasteiger charge is -2.11. The molecule has 0 bridgehead atoms. The Morgan fingerprint density at radius 2 is 1.86 bits per heavy atom. The normalized spacial score (nSPS) is 10.3. The topological polar surface area (TPSA) is 72.5 Å². The van der Waals surface area contributed by atoms with Gasteiger partial charge in [0.1, 0.15) is 11.5 Å². The van der Waals surface area contributed by atoms with Crippen molar-refractivity contribution in [1.29, 1.82) is 0 Å². The van der Waals surface area contributed by atoms with Crippen LogP contribution in [-0.4, -0.2) is 31.7 Å². The number of para-hydroxylation sites is 1. The van der Waals surface area contributed by atoms with Crippen molar-refractivity contribution in [1.82, 2.24) is 10.3 Å². The maximum Gasteiger partial charge on any atom is 0.253 e. The predicted octanol–water partition coefficient (Wildman–Crippen LogP) is 3.68. The SMILES string of the molecule is COc1cccc(CCNc2cncc(C(=O)NCc3ccccc3OC)c2)c1. The van der Waals surface area contributed by atoms with Gasteiger partial charge in [-0.1, -0.05) is 30.3 Å². The zero-order chi connectivity index (χ0) is 20.5. The fourth-order valence-corrected chi connectivity index (χ4v) is 2.97. The molecule has 1 amide bonds. The van der Waals surface area contributed by atoms with Crippen LogP contribution in [0, 0.1) is 0 Å². The number of nitrogens with one attached hydrogen (secondary N) is 2. The van der Waals surface area contributed by atoms with Gasteiger partial charge in [-0.25, -0.2) is 0 Å². The van der Waals surface area contributed by atoms with E-state index < -0.39 is 0 Å². The molecule has 0 unspecified atom stereocenters. The zero-order valence-corrected chi connectivity index (χ0v) is 16.6.